The fourth-order valence-corrected chi connectivity index (χ4v) is 4.45. The molecule has 1 amide bonds. The second-order valence-electron chi connectivity index (χ2n) is 6.83. The van der Waals surface area contributed by atoms with Gasteiger partial charge in [-0.05, 0) is 44.5 Å². The fraction of sp³-hybridized carbons (Fsp3) is 0.350. The zero-order valence-corrected chi connectivity index (χ0v) is 17.0. The second-order valence-corrected chi connectivity index (χ2v) is 8.69. The quantitative estimate of drug-likeness (QED) is 0.800. The molecule has 0 aliphatic carbocycles. The topological polar surface area (TPSA) is 84.9 Å². The lowest BCUT2D eigenvalue weighted by molar-refractivity contribution is -0.120. The van der Waals surface area contributed by atoms with Crippen LogP contribution in [0.4, 0.5) is 5.69 Å². The van der Waals surface area contributed by atoms with Crippen molar-refractivity contribution in [2.45, 2.75) is 31.7 Å². The number of carbonyl (C=O) groups excluding carboxylic acids is 1. The Morgan fingerprint density at radius 1 is 1.11 bits per heavy atom. The smallest absolute Gasteiger partial charge is 0.264 e. The number of carbonyl (C=O) groups is 1. The highest BCUT2D eigenvalue weighted by molar-refractivity contribution is 7.92. The van der Waals surface area contributed by atoms with E-state index in [9.17, 15) is 13.2 Å². The van der Waals surface area contributed by atoms with E-state index in [1.165, 1.54) is 12.1 Å². The fourth-order valence-electron chi connectivity index (χ4n) is 2.95. The highest BCUT2D eigenvalue weighted by Gasteiger charge is 2.29. The first-order valence-electron chi connectivity index (χ1n) is 9.06. The van der Waals surface area contributed by atoms with Crippen LogP contribution in [0.15, 0.2) is 47.4 Å². The van der Waals surface area contributed by atoms with Gasteiger partial charge in [0.2, 0.25) is 5.91 Å². The van der Waals surface area contributed by atoms with Crippen LogP contribution in [0.25, 0.3) is 0 Å². The van der Waals surface area contributed by atoms with Gasteiger partial charge in [-0.2, -0.15) is 0 Å². The van der Waals surface area contributed by atoms with Crippen LogP contribution in [0.5, 0.6) is 11.5 Å². The molecule has 0 spiro atoms. The zero-order chi connectivity index (χ0) is 20.3. The number of rotatable bonds is 6. The van der Waals surface area contributed by atoms with Crippen LogP contribution in [0.2, 0.25) is 0 Å². The number of nitrogens with zero attached hydrogens (tertiary/aromatic N) is 1. The van der Waals surface area contributed by atoms with E-state index in [0.717, 1.165) is 9.87 Å². The standard InChI is InChI=1S/C20H24N2O5S/c1-14(2)21-20(23)13-22(17-7-5-4-6-15(17)3)28(24,25)16-8-9-18-19(12-16)27-11-10-26-18/h4-9,12,14H,10-11,13H2,1-3H3,(H,21,23). The molecule has 8 heteroatoms. The number of benzene rings is 2. The largest absolute Gasteiger partial charge is 0.486 e. The minimum Gasteiger partial charge on any atom is -0.486 e. The molecule has 0 bridgehead atoms. The van der Waals surface area contributed by atoms with E-state index in [1.54, 1.807) is 18.2 Å². The summed E-state index contributed by atoms with van der Waals surface area (Å²) in [5, 5.41) is 2.75. The maximum absolute atomic E-state index is 13.4. The summed E-state index contributed by atoms with van der Waals surface area (Å²) >= 11 is 0. The average Bonchev–Trinajstić information content (AvgIpc) is 2.65. The van der Waals surface area contributed by atoms with E-state index in [4.69, 9.17) is 9.47 Å². The van der Waals surface area contributed by atoms with E-state index in [1.807, 2.05) is 32.9 Å². The maximum Gasteiger partial charge on any atom is 0.264 e. The lowest BCUT2D eigenvalue weighted by Crippen LogP contribution is -2.43. The first-order valence-corrected chi connectivity index (χ1v) is 10.5. The van der Waals surface area contributed by atoms with Gasteiger partial charge in [-0.3, -0.25) is 9.10 Å². The Kier molecular flexibility index (Phi) is 5.79. The normalized spacial score (nSPS) is 13.3. The molecule has 1 heterocycles. The van der Waals surface area contributed by atoms with Crippen molar-refractivity contribution in [1.82, 2.24) is 5.32 Å². The van der Waals surface area contributed by atoms with Crippen LogP contribution < -0.4 is 19.1 Å². The SMILES string of the molecule is Cc1ccccc1N(CC(=O)NC(C)C)S(=O)(=O)c1ccc2c(c1)OCCO2. The molecule has 1 aliphatic rings. The Morgan fingerprint density at radius 3 is 2.46 bits per heavy atom. The third-order valence-electron chi connectivity index (χ3n) is 4.22. The van der Waals surface area contributed by atoms with Crippen LogP contribution in [0, 0.1) is 6.92 Å². The van der Waals surface area contributed by atoms with Gasteiger partial charge >= 0.3 is 0 Å². The molecule has 2 aromatic rings. The average molecular weight is 404 g/mol. The Morgan fingerprint density at radius 2 is 1.79 bits per heavy atom. The summed E-state index contributed by atoms with van der Waals surface area (Å²) in [5.41, 5.74) is 1.21. The first kappa shape index (κ1) is 20.0. The number of sulfonamides is 1. The van der Waals surface area contributed by atoms with Gasteiger partial charge in [-0.15, -0.1) is 0 Å². The number of aryl methyl sites for hydroxylation is 1. The summed E-state index contributed by atoms with van der Waals surface area (Å²) < 4.78 is 39.0. The molecule has 3 rings (SSSR count). The molecule has 0 atom stereocenters. The van der Waals surface area contributed by atoms with Crippen LogP contribution in [-0.2, 0) is 14.8 Å². The van der Waals surface area contributed by atoms with Crippen LogP contribution in [0.1, 0.15) is 19.4 Å². The summed E-state index contributed by atoms with van der Waals surface area (Å²) in [6.07, 6.45) is 0. The molecule has 0 unspecified atom stereocenters. The molecule has 0 radical (unpaired) electrons. The summed E-state index contributed by atoms with van der Waals surface area (Å²) in [7, 11) is -4.00. The maximum atomic E-state index is 13.4. The molecule has 1 N–H and O–H groups in total. The zero-order valence-electron chi connectivity index (χ0n) is 16.1. The van der Waals surface area contributed by atoms with E-state index >= 15 is 0 Å². The number of nitrogens with one attached hydrogen (secondary N) is 1. The van der Waals surface area contributed by atoms with Gasteiger partial charge < -0.3 is 14.8 Å². The Labute approximate surface area is 165 Å². The molecule has 7 nitrogen and oxygen atoms in total. The van der Waals surface area contributed by atoms with Crippen molar-refractivity contribution in [3.8, 4) is 11.5 Å². The van der Waals surface area contributed by atoms with E-state index in [2.05, 4.69) is 5.32 Å². The summed E-state index contributed by atoms with van der Waals surface area (Å²) in [4.78, 5) is 12.4. The first-order chi connectivity index (χ1) is 13.3. The minimum atomic E-state index is -4.00. The van der Waals surface area contributed by atoms with E-state index in [-0.39, 0.29) is 23.4 Å². The highest BCUT2D eigenvalue weighted by atomic mass is 32.2. The van der Waals surface area contributed by atoms with Gasteiger partial charge in [0.25, 0.3) is 10.0 Å². The van der Waals surface area contributed by atoms with Crippen molar-refractivity contribution in [3.05, 3.63) is 48.0 Å². The Balaban J connectivity index is 2.03. The van der Waals surface area contributed by atoms with Crippen molar-refractivity contribution in [1.29, 1.82) is 0 Å². The Bertz CT molecular complexity index is 972. The number of hydrogen-bond acceptors (Lipinski definition) is 5. The van der Waals surface area contributed by atoms with Crippen LogP contribution >= 0.6 is 0 Å². The van der Waals surface area contributed by atoms with E-state index in [0.29, 0.717) is 30.4 Å². The molecule has 150 valence electrons. The number of amides is 1. The number of ether oxygens (including phenoxy) is 2. The van der Waals surface area contributed by atoms with Gasteiger partial charge in [0.05, 0.1) is 10.6 Å². The predicted octanol–water partition coefficient (Wildman–Crippen LogP) is 2.49. The molecule has 0 saturated heterocycles. The second kappa shape index (κ2) is 8.10. The van der Waals surface area contributed by atoms with Crippen molar-refractivity contribution < 1.29 is 22.7 Å². The van der Waals surface area contributed by atoms with Gasteiger partial charge in [0, 0.05) is 12.1 Å². The highest BCUT2D eigenvalue weighted by Crippen LogP contribution is 2.34. The minimum absolute atomic E-state index is 0.0392. The summed E-state index contributed by atoms with van der Waals surface area (Å²) in [5.74, 6) is 0.508. The molecule has 28 heavy (non-hydrogen) atoms. The molecule has 0 saturated carbocycles. The van der Waals surface area contributed by atoms with Gasteiger partial charge in [0.15, 0.2) is 11.5 Å². The van der Waals surface area contributed by atoms with Gasteiger partial charge in [0.1, 0.15) is 19.8 Å². The summed E-state index contributed by atoms with van der Waals surface area (Å²) in [6.45, 7) is 5.91. The Hall–Kier alpha value is -2.74. The summed E-state index contributed by atoms with van der Waals surface area (Å²) in [6, 6.07) is 11.4. The van der Waals surface area contributed by atoms with E-state index < -0.39 is 10.0 Å². The number of anilines is 1. The van der Waals surface area contributed by atoms with Crippen LogP contribution in [0.3, 0.4) is 0 Å². The molecule has 1 aliphatic heterocycles. The third kappa shape index (κ3) is 4.22. The van der Waals surface area contributed by atoms with Crippen molar-refractivity contribution in [2.75, 3.05) is 24.1 Å². The molecular weight excluding hydrogens is 380 g/mol. The molecule has 0 aromatic heterocycles. The predicted molar refractivity (Wildman–Crippen MR) is 106 cm³/mol. The molecular formula is C20H24N2O5S. The van der Waals surface area contributed by atoms with Crippen molar-refractivity contribution in [3.63, 3.8) is 0 Å². The van der Waals surface area contributed by atoms with Crippen molar-refractivity contribution >= 4 is 21.6 Å². The molecule has 2 aromatic carbocycles. The third-order valence-corrected chi connectivity index (χ3v) is 5.98. The lowest BCUT2D eigenvalue weighted by Gasteiger charge is -2.27. The van der Waals surface area contributed by atoms with Crippen molar-refractivity contribution in [2.24, 2.45) is 0 Å². The van der Waals surface area contributed by atoms with Gasteiger partial charge in [-0.1, -0.05) is 18.2 Å². The number of fused-ring (bicyclic) bond motifs is 1. The van der Waals surface area contributed by atoms with Crippen LogP contribution in [-0.4, -0.2) is 40.1 Å². The monoisotopic (exact) mass is 404 g/mol. The molecule has 0 fully saturated rings. The number of hydrogen-bond donors (Lipinski definition) is 1. The number of para-hydroxylation sites is 1. The lowest BCUT2D eigenvalue weighted by atomic mass is 10.2. The van der Waals surface area contributed by atoms with Gasteiger partial charge in [-0.25, -0.2) is 8.42 Å².